The van der Waals surface area contributed by atoms with Crippen LogP contribution in [0.1, 0.15) is 23.2 Å². The van der Waals surface area contributed by atoms with E-state index >= 15 is 0 Å². The normalized spacial score (nSPS) is 16.1. The number of ether oxygens (including phenoxy) is 2. The Bertz CT molecular complexity index is 455. The third-order valence-corrected chi connectivity index (χ3v) is 3.48. The van der Waals surface area contributed by atoms with Gasteiger partial charge in [0.05, 0.1) is 7.11 Å². The first-order chi connectivity index (χ1) is 9.13. The Kier molecular flexibility index (Phi) is 4.27. The number of methoxy groups -OCH3 is 1. The van der Waals surface area contributed by atoms with Gasteiger partial charge in [0.1, 0.15) is 0 Å². The zero-order valence-corrected chi connectivity index (χ0v) is 11.3. The minimum atomic E-state index is -0.0927. The molecule has 1 fully saturated rings. The van der Waals surface area contributed by atoms with Gasteiger partial charge in [-0.3, -0.25) is 4.79 Å². The lowest BCUT2D eigenvalue weighted by molar-refractivity contribution is 0.0362. The van der Waals surface area contributed by atoms with Crippen LogP contribution in [0.25, 0.3) is 0 Å². The zero-order chi connectivity index (χ0) is 13.8. The van der Waals surface area contributed by atoms with Gasteiger partial charge in [0.15, 0.2) is 11.5 Å². The highest BCUT2D eigenvalue weighted by Crippen LogP contribution is 2.27. The number of phenolic OH excluding ortho intramolecular Hbond substituents is 1. The van der Waals surface area contributed by atoms with Crippen molar-refractivity contribution in [2.24, 2.45) is 0 Å². The zero-order valence-electron chi connectivity index (χ0n) is 11.3. The summed E-state index contributed by atoms with van der Waals surface area (Å²) >= 11 is 0. The highest BCUT2D eigenvalue weighted by molar-refractivity contribution is 5.95. The quantitative estimate of drug-likeness (QED) is 0.902. The van der Waals surface area contributed by atoms with Crippen molar-refractivity contribution in [1.82, 2.24) is 4.90 Å². The summed E-state index contributed by atoms with van der Waals surface area (Å²) < 4.78 is 10.3. The lowest BCUT2D eigenvalue weighted by Crippen LogP contribution is -2.40. The van der Waals surface area contributed by atoms with E-state index < -0.39 is 0 Å². The van der Waals surface area contributed by atoms with E-state index in [1.807, 2.05) is 0 Å². The van der Waals surface area contributed by atoms with Crippen LogP contribution < -0.4 is 4.74 Å². The summed E-state index contributed by atoms with van der Waals surface area (Å²) in [6.07, 6.45) is 1.70. The lowest BCUT2D eigenvalue weighted by atomic mass is 10.1. The molecule has 5 nitrogen and oxygen atoms in total. The molecule has 0 aliphatic carbocycles. The summed E-state index contributed by atoms with van der Waals surface area (Å²) in [5.41, 5.74) is 0.465. The molecule has 0 saturated carbocycles. The van der Waals surface area contributed by atoms with Crippen LogP contribution in [0.4, 0.5) is 0 Å². The number of hydrogen-bond acceptors (Lipinski definition) is 4. The van der Waals surface area contributed by atoms with Crippen molar-refractivity contribution >= 4 is 5.91 Å². The molecule has 1 heterocycles. The maximum atomic E-state index is 12.3. The third kappa shape index (κ3) is 2.98. The average Bonchev–Trinajstić information content (AvgIpc) is 2.46. The van der Waals surface area contributed by atoms with E-state index in [-0.39, 0.29) is 17.7 Å². The highest BCUT2D eigenvalue weighted by atomic mass is 16.5. The molecule has 1 aromatic carbocycles. The molecule has 0 atom stereocenters. The van der Waals surface area contributed by atoms with Crippen molar-refractivity contribution in [3.63, 3.8) is 0 Å². The van der Waals surface area contributed by atoms with Crippen LogP contribution in [-0.2, 0) is 4.74 Å². The predicted molar refractivity (Wildman–Crippen MR) is 70.6 cm³/mol. The minimum Gasteiger partial charge on any atom is -0.504 e. The molecule has 1 aliphatic rings. The fourth-order valence-corrected chi connectivity index (χ4v) is 2.26. The van der Waals surface area contributed by atoms with Gasteiger partial charge in [0, 0.05) is 31.9 Å². The first-order valence-corrected chi connectivity index (χ1v) is 6.35. The molecule has 0 spiro atoms. The number of aromatic hydroxyl groups is 1. The molecule has 0 bridgehead atoms. The monoisotopic (exact) mass is 265 g/mol. The summed E-state index contributed by atoms with van der Waals surface area (Å²) in [6, 6.07) is 4.90. The molecule has 0 aromatic heterocycles. The van der Waals surface area contributed by atoms with Gasteiger partial charge in [-0.2, -0.15) is 0 Å². The number of hydrogen-bond donors (Lipinski definition) is 1. The van der Waals surface area contributed by atoms with Crippen LogP contribution in [-0.4, -0.2) is 49.3 Å². The predicted octanol–water partition coefficient (Wildman–Crippen LogP) is 1.65. The van der Waals surface area contributed by atoms with Crippen molar-refractivity contribution in [3.05, 3.63) is 23.8 Å². The van der Waals surface area contributed by atoms with E-state index in [2.05, 4.69) is 0 Å². The smallest absolute Gasteiger partial charge is 0.253 e. The number of phenols is 1. The fourth-order valence-electron chi connectivity index (χ4n) is 2.26. The van der Waals surface area contributed by atoms with Gasteiger partial charge >= 0.3 is 0 Å². The number of carbonyl (C=O) groups is 1. The average molecular weight is 265 g/mol. The maximum Gasteiger partial charge on any atom is 0.253 e. The van der Waals surface area contributed by atoms with Gasteiger partial charge in [-0.25, -0.2) is 0 Å². The van der Waals surface area contributed by atoms with Crippen molar-refractivity contribution < 1.29 is 19.4 Å². The molecule has 5 heteroatoms. The van der Waals surface area contributed by atoms with E-state index in [0.717, 1.165) is 12.8 Å². The molecule has 104 valence electrons. The Morgan fingerprint density at radius 1 is 1.42 bits per heavy atom. The summed E-state index contributed by atoms with van der Waals surface area (Å²) in [6.45, 7) is 1.38. The molecule has 1 aromatic rings. The van der Waals surface area contributed by atoms with Crippen molar-refractivity contribution in [2.75, 3.05) is 27.4 Å². The van der Waals surface area contributed by atoms with E-state index in [9.17, 15) is 9.90 Å². The number of nitrogens with zero attached hydrogens (tertiary/aromatic N) is 1. The lowest BCUT2D eigenvalue weighted by Gasteiger charge is -2.31. The first kappa shape index (κ1) is 13.7. The molecular weight excluding hydrogens is 246 g/mol. The van der Waals surface area contributed by atoms with E-state index in [1.165, 1.54) is 13.2 Å². The van der Waals surface area contributed by atoms with Gasteiger partial charge in [-0.05, 0) is 31.0 Å². The Balaban J connectivity index is 2.12. The molecule has 1 N–H and O–H groups in total. The Morgan fingerprint density at radius 2 is 2.11 bits per heavy atom. The van der Waals surface area contributed by atoms with Crippen LogP contribution in [0.5, 0.6) is 11.5 Å². The maximum absolute atomic E-state index is 12.3. The van der Waals surface area contributed by atoms with Gasteiger partial charge in [0.25, 0.3) is 5.91 Å². The molecule has 1 amide bonds. The van der Waals surface area contributed by atoms with Crippen molar-refractivity contribution in [1.29, 1.82) is 0 Å². The van der Waals surface area contributed by atoms with Crippen LogP contribution in [0.15, 0.2) is 18.2 Å². The van der Waals surface area contributed by atoms with Crippen LogP contribution in [0.3, 0.4) is 0 Å². The van der Waals surface area contributed by atoms with Crippen LogP contribution in [0.2, 0.25) is 0 Å². The minimum absolute atomic E-state index is 0.0197. The molecule has 2 rings (SSSR count). The molecule has 0 radical (unpaired) electrons. The largest absolute Gasteiger partial charge is 0.504 e. The number of amides is 1. The number of rotatable bonds is 3. The van der Waals surface area contributed by atoms with Crippen LogP contribution >= 0.6 is 0 Å². The van der Waals surface area contributed by atoms with Crippen LogP contribution in [0, 0.1) is 0 Å². The molecule has 19 heavy (non-hydrogen) atoms. The second-order valence-electron chi connectivity index (χ2n) is 4.65. The molecule has 1 saturated heterocycles. The SMILES string of the molecule is COc1ccc(C(=O)N(C)C2CCOCC2)cc1O. The topological polar surface area (TPSA) is 59.0 Å². The number of benzene rings is 1. The Morgan fingerprint density at radius 3 is 2.68 bits per heavy atom. The summed E-state index contributed by atoms with van der Waals surface area (Å²) in [4.78, 5) is 14.1. The first-order valence-electron chi connectivity index (χ1n) is 6.35. The van der Waals surface area contributed by atoms with Gasteiger partial charge in [-0.1, -0.05) is 0 Å². The standard InChI is InChI=1S/C14H19NO4/c1-15(11-5-7-19-8-6-11)14(17)10-3-4-13(18-2)12(16)9-10/h3-4,9,11,16H,5-8H2,1-2H3. The molecule has 0 unspecified atom stereocenters. The van der Waals surface area contributed by atoms with Crippen molar-refractivity contribution in [2.45, 2.75) is 18.9 Å². The molecular formula is C14H19NO4. The fraction of sp³-hybridized carbons (Fsp3) is 0.500. The summed E-state index contributed by atoms with van der Waals surface area (Å²) in [7, 11) is 3.27. The van der Waals surface area contributed by atoms with Crippen molar-refractivity contribution in [3.8, 4) is 11.5 Å². The number of carbonyl (C=O) groups excluding carboxylic acids is 1. The summed E-state index contributed by atoms with van der Waals surface area (Å²) in [5.74, 6) is 0.254. The van der Waals surface area contributed by atoms with E-state index in [4.69, 9.17) is 9.47 Å². The Labute approximate surface area is 112 Å². The second kappa shape index (κ2) is 5.93. The van der Waals surface area contributed by atoms with E-state index in [0.29, 0.717) is 24.5 Å². The highest BCUT2D eigenvalue weighted by Gasteiger charge is 2.23. The molecule has 1 aliphatic heterocycles. The van der Waals surface area contributed by atoms with Gasteiger partial charge in [-0.15, -0.1) is 0 Å². The second-order valence-corrected chi connectivity index (χ2v) is 4.65. The van der Waals surface area contributed by atoms with Gasteiger partial charge < -0.3 is 19.5 Å². The van der Waals surface area contributed by atoms with E-state index in [1.54, 1.807) is 24.1 Å². The summed E-state index contributed by atoms with van der Waals surface area (Å²) in [5, 5.41) is 9.72. The Hall–Kier alpha value is -1.75. The third-order valence-electron chi connectivity index (χ3n) is 3.48. The van der Waals surface area contributed by atoms with Gasteiger partial charge in [0.2, 0.25) is 0 Å².